The molecule has 0 aromatic carbocycles. The first kappa shape index (κ1) is 14.0. The fourth-order valence-electron chi connectivity index (χ4n) is 2.09. The summed E-state index contributed by atoms with van der Waals surface area (Å²) in [5.41, 5.74) is 5.52. The van der Waals surface area contributed by atoms with Crippen molar-refractivity contribution in [3.05, 3.63) is 0 Å². The molecule has 5 heteroatoms. The number of nitrogens with two attached hydrogens (primary N) is 1. The zero-order valence-electron chi connectivity index (χ0n) is 10.7. The van der Waals surface area contributed by atoms with Crippen LogP contribution in [0.25, 0.3) is 0 Å². The van der Waals surface area contributed by atoms with Crippen molar-refractivity contribution in [1.82, 2.24) is 5.32 Å². The lowest BCUT2D eigenvalue weighted by molar-refractivity contribution is -0.142. The highest BCUT2D eigenvalue weighted by Crippen LogP contribution is 2.26. The van der Waals surface area contributed by atoms with E-state index in [-0.39, 0.29) is 17.4 Å². The lowest BCUT2D eigenvalue weighted by Gasteiger charge is -2.28. The molecule has 0 saturated heterocycles. The van der Waals surface area contributed by atoms with Crippen LogP contribution in [0.1, 0.15) is 40.0 Å². The van der Waals surface area contributed by atoms with E-state index in [2.05, 4.69) is 5.32 Å². The summed E-state index contributed by atoms with van der Waals surface area (Å²) >= 11 is 0. The molecule has 0 heterocycles. The van der Waals surface area contributed by atoms with E-state index < -0.39 is 17.9 Å². The Kier molecular flexibility index (Phi) is 4.14. The van der Waals surface area contributed by atoms with Crippen LogP contribution in [0.2, 0.25) is 0 Å². The van der Waals surface area contributed by atoms with Crippen molar-refractivity contribution < 1.29 is 14.7 Å². The average molecular weight is 242 g/mol. The molecule has 1 fully saturated rings. The Morgan fingerprint density at radius 2 is 1.94 bits per heavy atom. The van der Waals surface area contributed by atoms with Crippen LogP contribution in [0.5, 0.6) is 0 Å². The SMILES string of the molecule is CC(C)(C)[C@@H](N)C(=O)NC1CCCC1C(=O)O. The fraction of sp³-hybridized carbons (Fsp3) is 0.833. The van der Waals surface area contributed by atoms with Gasteiger partial charge in [0.05, 0.1) is 12.0 Å². The maximum atomic E-state index is 11.9. The van der Waals surface area contributed by atoms with E-state index >= 15 is 0 Å². The van der Waals surface area contributed by atoms with Crippen LogP contribution in [-0.4, -0.2) is 29.1 Å². The molecule has 1 saturated carbocycles. The summed E-state index contributed by atoms with van der Waals surface area (Å²) in [7, 11) is 0. The Labute approximate surface area is 102 Å². The van der Waals surface area contributed by atoms with Gasteiger partial charge in [0.1, 0.15) is 0 Å². The number of carbonyl (C=O) groups is 2. The summed E-state index contributed by atoms with van der Waals surface area (Å²) < 4.78 is 0. The van der Waals surface area contributed by atoms with Crippen molar-refractivity contribution in [2.75, 3.05) is 0 Å². The summed E-state index contributed by atoms with van der Waals surface area (Å²) in [5, 5.41) is 11.8. The second-order valence-electron chi connectivity index (χ2n) is 5.83. The highest BCUT2D eigenvalue weighted by atomic mass is 16.4. The van der Waals surface area contributed by atoms with Gasteiger partial charge in [0.2, 0.25) is 5.91 Å². The zero-order chi connectivity index (χ0) is 13.2. The van der Waals surface area contributed by atoms with E-state index in [9.17, 15) is 9.59 Å². The molecule has 98 valence electrons. The van der Waals surface area contributed by atoms with Crippen molar-refractivity contribution in [2.24, 2.45) is 17.1 Å². The quantitative estimate of drug-likeness (QED) is 0.680. The number of amides is 1. The third kappa shape index (κ3) is 3.43. The molecule has 0 aromatic rings. The van der Waals surface area contributed by atoms with Gasteiger partial charge in [-0.3, -0.25) is 9.59 Å². The zero-order valence-corrected chi connectivity index (χ0v) is 10.7. The highest BCUT2D eigenvalue weighted by molar-refractivity contribution is 5.83. The standard InChI is InChI=1S/C12H22N2O3/c1-12(2,3)9(13)10(15)14-8-6-4-5-7(8)11(16)17/h7-9H,4-6,13H2,1-3H3,(H,14,15)(H,16,17)/t7?,8?,9-/m0/s1. The van der Waals surface area contributed by atoms with Gasteiger partial charge in [0.25, 0.3) is 0 Å². The predicted octanol–water partition coefficient (Wildman–Crippen LogP) is 0.729. The molecule has 4 N–H and O–H groups in total. The highest BCUT2D eigenvalue weighted by Gasteiger charge is 2.36. The number of rotatable bonds is 3. The second-order valence-corrected chi connectivity index (χ2v) is 5.83. The average Bonchev–Trinajstić information content (AvgIpc) is 2.63. The molecule has 0 aliphatic heterocycles. The minimum atomic E-state index is -0.836. The van der Waals surface area contributed by atoms with E-state index in [4.69, 9.17) is 10.8 Å². The van der Waals surface area contributed by atoms with Gasteiger partial charge < -0.3 is 16.2 Å². The number of hydrogen-bond acceptors (Lipinski definition) is 3. The summed E-state index contributed by atoms with van der Waals surface area (Å²) in [5.74, 6) is -1.56. The van der Waals surface area contributed by atoms with Gasteiger partial charge in [-0.2, -0.15) is 0 Å². The molecule has 0 bridgehead atoms. The lowest BCUT2D eigenvalue weighted by Crippen LogP contribution is -2.52. The molecule has 0 aromatic heterocycles. The molecule has 2 unspecified atom stereocenters. The van der Waals surface area contributed by atoms with Crippen molar-refractivity contribution in [3.63, 3.8) is 0 Å². The third-order valence-electron chi connectivity index (χ3n) is 3.38. The van der Waals surface area contributed by atoms with E-state index in [0.717, 1.165) is 12.8 Å². The normalized spacial score (nSPS) is 26.6. The molecule has 5 nitrogen and oxygen atoms in total. The van der Waals surface area contributed by atoms with Crippen LogP contribution in [0.4, 0.5) is 0 Å². The molecule has 1 amide bonds. The molecular weight excluding hydrogens is 220 g/mol. The van der Waals surface area contributed by atoms with Crippen LogP contribution in [-0.2, 0) is 9.59 Å². The Morgan fingerprint density at radius 3 is 2.41 bits per heavy atom. The van der Waals surface area contributed by atoms with Crippen molar-refractivity contribution in [3.8, 4) is 0 Å². The van der Waals surface area contributed by atoms with Crippen LogP contribution in [0.15, 0.2) is 0 Å². The summed E-state index contributed by atoms with van der Waals surface area (Å²) in [6, 6.07) is -0.883. The molecule has 1 rings (SSSR count). The molecule has 0 radical (unpaired) electrons. The molecule has 1 aliphatic carbocycles. The van der Waals surface area contributed by atoms with Gasteiger partial charge in [-0.25, -0.2) is 0 Å². The first-order valence-corrected chi connectivity index (χ1v) is 6.02. The van der Waals surface area contributed by atoms with Gasteiger partial charge in [-0.1, -0.05) is 27.2 Å². The van der Waals surface area contributed by atoms with E-state index in [0.29, 0.717) is 6.42 Å². The Morgan fingerprint density at radius 1 is 1.35 bits per heavy atom. The summed E-state index contributed by atoms with van der Waals surface area (Å²) in [4.78, 5) is 22.9. The molecule has 3 atom stereocenters. The third-order valence-corrected chi connectivity index (χ3v) is 3.38. The molecule has 17 heavy (non-hydrogen) atoms. The van der Waals surface area contributed by atoms with Crippen molar-refractivity contribution >= 4 is 11.9 Å². The molecule has 0 spiro atoms. The van der Waals surface area contributed by atoms with Crippen LogP contribution >= 0.6 is 0 Å². The van der Waals surface area contributed by atoms with E-state index in [1.54, 1.807) is 0 Å². The van der Waals surface area contributed by atoms with Gasteiger partial charge in [-0.15, -0.1) is 0 Å². The van der Waals surface area contributed by atoms with Crippen molar-refractivity contribution in [1.29, 1.82) is 0 Å². The first-order chi connectivity index (χ1) is 7.73. The lowest BCUT2D eigenvalue weighted by atomic mass is 9.86. The first-order valence-electron chi connectivity index (χ1n) is 6.02. The summed E-state index contributed by atoms with van der Waals surface area (Å²) in [6.45, 7) is 5.67. The number of carboxylic acid groups (broad SMARTS) is 1. The predicted molar refractivity (Wildman–Crippen MR) is 64.3 cm³/mol. The van der Waals surface area contributed by atoms with Gasteiger partial charge in [0.15, 0.2) is 0 Å². The minimum absolute atomic E-state index is 0.254. The molecular formula is C12H22N2O3. The van der Waals surface area contributed by atoms with Crippen molar-refractivity contribution in [2.45, 2.75) is 52.1 Å². The number of nitrogens with one attached hydrogen (secondary N) is 1. The van der Waals surface area contributed by atoms with Gasteiger partial charge >= 0.3 is 5.97 Å². The van der Waals surface area contributed by atoms with E-state index in [1.165, 1.54) is 0 Å². The topological polar surface area (TPSA) is 92.4 Å². The Balaban J connectivity index is 2.60. The smallest absolute Gasteiger partial charge is 0.308 e. The number of hydrogen-bond donors (Lipinski definition) is 3. The Bertz CT molecular complexity index is 309. The second kappa shape index (κ2) is 5.04. The largest absolute Gasteiger partial charge is 0.481 e. The maximum Gasteiger partial charge on any atom is 0.308 e. The molecule has 1 aliphatic rings. The minimum Gasteiger partial charge on any atom is -0.481 e. The summed E-state index contributed by atoms with van der Waals surface area (Å²) in [6.07, 6.45) is 2.19. The Hall–Kier alpha value is -1.10. The number of carbonyl (C=O) groups excluding carboxylic acids is 1. The number of carboxylic acids is 1. The van der Waals surface area contributed by atoms with E-state index in [1.807, 2.05) is 20.8 Å². The van der Waals surface area contributed by atoms with Crippen LogP contribution in [0, 0.1) is 11.3 Å². The maximum absolute atomic E-state index is 11.9. The van der Waals surface area contributed by atoms with Crippen LogP contribution in [0.3, 0.4) is 0 Å². The fourth-order valence-corrected chi connectivity index (χ4v) is 2.09. The van der Waals surface area contributed by atoms with Gasteiger partial charge in [-0.05, 0) is 18.3 Å². The van der Waals surface area contributed by atoms with Crippen LogP contribution < -0.4 is 11.1 Å². The van der Waals surface area contributed by atoms with Gasteiger partial charge in [0, 0.05) is 6.04 Å². The monoisotopic (exact) mass is 242 g/mol. The number of aliphatic carboxylic acids is 1.